The molecule has 0 atom stereocenters. The highest BCUT2D eigenvalue weighted by atomic mass is 16.6. The quantitative estimate of drug-likeness (QED) is 0.706. The summed E-state index contributed by atoms with van der Waals surface area (Å²) in [6.07, 6.45) is 3.08. The third kappa shape index (κ3) is 4.49. The lowest BCUT2D eigenvalue weighted by Crippen LogP contribution is -2.32. The highest BCUT2D eigenvalue weighted by molar-refractivity contribution is 5.93. The molecule has 0 saturated heterocycles. The molecule has 9 heteroatoms. The number of ether oxygens (including phenoxy) is 2. The molecule has 27 heavy (non-hydrogen) atoms. The minimum Gasteiger partial charge on any atom is -0.496 e. The van der Waals surface area contributed by atoms with Crippen LogP contribution in [0.15, 0.2) is 29.0 Å². The smallest absolute Gasteiger partial charge is 0.407 e. The van der Waals surface area contributed by atoms with Crippen molar-refractivity contribution in [2.24, 2.45) is 0 Å². The van der Waals surface area contributed by atoms with Gasteiger partial charge >= 0.3 is 6.09 Å². The lowest BCUT2D eigenvalue weighted by atomic mass is 10.1. The molecule has 9 nitrogen and oxygen atoms in total. The second kappa shape index (κ2) is 7.18. The number of carbonyl (C=O) groups excluding carboxylic acids is 1. The van der Waals surface area contributed by atoms with Gasteiger partial charge in [0.25, 0.3) is 0 Å². The lowest BCUT2D eigenvalue weighted by molar-refractivity contribution is 0.0523. The first-order chi connectivity index (χ1) is 12.7. The van der Waals surface area contributed by atoms with Gasteiger partial charge in [-0.1, -0.05) is 5.16 Å². The Kier molecular flexibility index (Phi) is 4.93. The van der Waals surface area contributed by atoms with Crippen molar-refractivity contribution < 1.29 is 18.8 Å². The Balaban J connectivity index is 1.67. The van der Waals surface area contributed by atoms with E-state index in [-0.39, 0.29) is 0 Å². The number of nitrogen functional groups attached to an aromatic ring is 1. The molecule has 0 radical (unpaired) electrons. The average molecular weight is 373 g/mol. The van der Waals surface area contributed by atoms with Gasteiger partial charge in [-0.3, -0.25) is 4.68 Å². The van der Waals surface area contributed by atoms with E-state index < -0.39 is 11.7 Å². The summed E-state index contributed by atoms with van der Waals surface area (Å²) in [6, 6.07) is 3.72. The zero-order valence-electron chi connectivity index (χ0n) is 15.8. The largest absolute Gasteiger partial charge is 0.496 e. The molecule has 0 aliphatic heterocycles. The maximum Gasteiger partial charge on any atom is 0.407 e. The summed E-state index contributed by atoms with van der Waals surface area (Å²) in [5.74, 6) is 0.892. The highest BCUT2D eigenvalue weighted by Gasteiger charge is 2.16. The molecule has 0 fully saturated rings. The van der Waals surface area contributed by atoms with Crippen LogP contribution in [0, 0.1) is 0 Å². The maximum atomic E-state index is 11.7. The van der Waals surface area contributed by atoms with E-state index in [2.05, 4.69) is 15.6 Å². The normalized spacial score (nSPS) is 11.6. The number of methoxy groups -OCH3 is 1. The zero-order valence-corrected chi connectivity index (χ0v) is 15.8. The van der Waals surface area contributed by atoms with Gasteiger partial charge in [-0.05, 0) is 38.5 Å². The molecule has 0 unspecified atom stereocenters. The molecule has 3 aromatic rings. The van der Waals surface area contributed by atoms with Crippen molar-refractivity contribution in [1.82, 2.24) is 20.3 Å². The van der Waals surface area contributed by atoms with E-state index in [4.69, 9.17) is 19.7 Å². The Morgan fingerprint density at radius 2 is 2.11 bits per heavy atom. The molecular weight excluding hydrogens is 350 g/mol. The highest BCUT2D eigenvalue weighted by Crippen LogP contribution is 2.32. The molecule has 144 valence electrons. The van der Waals surface area contributed by atoms with Crippen molar-refractivity contribution in [2.45, 2.75) is 39.5 Å². The lowest BCUT2D eigenvalue weighted by Gasteiger charge is -2.19. The second-order valence-electron chi connectivity index (χ2n) is 7.14. The van der Waals surface area contributed by atoms with Gasteiger partial charge in [0.2, 0.25) is 0 Å². The number of amides is 1. The van der Waals surface area contributed by atoms with E-state index in [0.717, 1.165) is 11.1 Å². The summed E-state index contributed by atoms with van der Waals surface area (Å²) >= 11 is 0. The average Bonchev–Trinajstić information content (AvgIpc) is 3.18. The summed E-state index contributed by atoms with van der Waals surface area (Å²) in [4.78, 5) is 11.7. The van der Waals surface area contributed by atoms with E-state index in [1.54, 1.807) is 18.0 Å². The monoisotopic (exact) mass is 373 g/mol. The van der Waals surface area contributed by atoms with Crippen LogP contribution in [-0.2, 0) is 17.8 Å². The van der Waals surface area contributed by atoms with Crippen LogP contribution < -0.4 is 15.8 Å². The molecule has 0 bridgehead atoms. The van der Waals surface area contributed by atoms with Crippen LogP contribution in [0.1, 0.15) is 31.9 Å². The summed E-state index contributed by atoms with van der Waals surface area (Å²) < 4.78 is 17.6. The molecule has 2 heterocycles. The topological polar surface area (TPSA) is 117 Å². The number of aromatic nitrogens is 3. The summed E-state index contributed by atoms with van der Waals surface area (Å²) in [7, 11) is 1.57. The van der Waals surface area contributed by atoms with Gasteiger partial charge < -0.3 is 25.0 Å². The first-order valence-corrected chi connectivity index (χ1v) is 8.45. The van der Waals surface area contributed by atoms with Crippen LogP contribution in [-0.4, -0.2) is 33.7 Å². The predicted octanol–water partition coefficient (Wildman–Crippen LogP) is 2.69. The van der Waals surface area contributed by atoms with Crippen LogP contribution in [0.25, 0.3) is 11.0 Å². The van der Waals surface area contributed by atoms with Crippen molar-refractivity contribution in [2.75, 3.05) is 12.8 Å². The maximum absolute atomic E-state index is 11.7. The Morgan fingerprint density at radius 1 is 1.33 bits per heavy atom. The molecule has 0 aliphatic carbocycles. The van der Waals surface area contributed by atoms with Crippen molar-refractivity contribution in [3.63, 3.8) is 0 Å². The molecular formula is C18H23N5O4. The number of anilines is 1. The first kappa shape index (κ1) is 18.6. The fourth-order valence-corrected chi connectivity index (χ4v) is 2.62. The number of hydrogen-bond acceptors (Lipinski definition) is 7. The van der Waals surface area contributed by atoms with Crippen LogP contribution in [0.4, 0.5) is 10.6 Å². The molecule has 1 aromatic carbocycles. The van der Waals surface area contributed by atoms with Crippen molar-refractivity contribution >= 4 is 22.9 Å². The van der Waals surface area contributed by atoms with E-state index >= 15 is 0 Å². The third-order valence-corrected chi connectivity index (χ3v) is 3.71. The number of rotatable bonds is 5. The van der Waals surface area contributed by atoms with Gasteiger partial charge in [0.1, 0.15) is 16.7 Å². The number of nitrogens with zero attached hydrogens (tertiary/aromatic N) is 3. The van der Waals surface area contributed by atoms with E-state index in [9.17, 15) is 4.79 Å². The Bertz CT molecular complexity index is 954. The fraction of sp³-hybridized carbons (Fsp3) is 0.389. The minimum absolute atomic E-state index is 0.294. The Morgan fingerprint density at radius 3 is 2.81 bits per heavy atom. The number of fused-ring (bicyclic) bond motifs is 1. The number of benzene rings is 1. The Labute approximate surface area is 156 Å². The van der Waals surface area contributed by atoms with Gasteiger partial charge in [0, 0.05) is 18.3 Å². The zero-order chi connectivity index (χ0) is 19.6. The van der Waals surface area contributed by atoms with Crippen molar-refractivity contribution in [3.05, 3.63) is 35.7 Å². The van der Waals surface area contributed by atoms with E-state index in [0.29, 0.717) is 35.6 Å². The van der Waals surface area contributed by atoms with Crippen molar-refractivity contribution in [1.29, 1.82) is 0 Å². The van der Waals surface area contributed by atoms with Gasteiger partial charge in [0.05, 0.1) is 19.9 Å². The first-order valence-electron chi connectivity index (χ1n) is 8.45. The third-order valence-electron chi connectivity index (χ3n) is 3.71. The number of nitrogens with one attached hydrogen (secondary N) is 1. The predicted molar refractivity (Wildman–Crippen MR) is 99.4 cm³/mol. The summed E-state index contributed by atoms with van der Waals surface area (Å²) in [6.45, 7) is 6.28. The van der Waals surface area contributed by atoms with Gasteiger partial charge in [-0.25, -0.2) is 4.79 Å². The molecule has 3 rings (SSSR count). The minimum atomic E-state index is -0.532. The number of carbonyl (C=O) groups is 1. The second-order valence-corrected chi connectivity index (χ2v) is 7.14. The fourth-order valence-electron chi connectivity index (χ4n) is 2.62. The SMILES string of the molecule is COc1cc(Cn2cc(CNC(=O)OC(C)(C)C)cn2)cc2onc(N)c12. The van der Waals surface area contributed by atoms with E-state index in [1.165, 1.54) is 0 Å². The Hall–Kier alpha value is -3.23. The van der Waals surface area contributed by atoms with Gasteiger partial charge in [-0.15, -0.1) is 0 Å². The van der Waals surface area contributed by atoms with Gasteiger partial charge in [0.15, 0.2) is 11.4 Å². The molecule has 2 aromatic heterocycles. The molecule has 0 aliphatic rings. The summed E-state index contributed by atoms with van der Waals surface area (Å²) in [5.41, 5.74) is 7.61. The van der Waals surface area contributed by atoms with Gasteiger partial charge in [-0.2, -0.15) is 5.10 Å². The molecule has 1 amide bonds. The molecule has 0 saturated carbocycles. The van der Waals surface area contributed by atoms with Crippen LogP contribution in [0.5, 0.6) is 5.75 Å². The standard InChI is InChI=1S/C18H23N5O4/c1-18(2,3)26-17(24)20-7-12-8-21-23(10-12)9-11-5-13(25-4)15-14(6-11)27-22-16(15)19/h5-6,8,10H,7,9H2,1-4H3,(H2,19,22)(H,20,24). The van der Waals surface area contributed by atoms with Crippen LogP contribution in [0.3, 0.4) is 0 Å². The summed E-state index contributed by atoms with van der Waals surface area (Å²) in [5, 5.41) is 11.5. The molecule has 3 N–H and O–H groups in total. The number of hydrogen-bond donors (Lipinski definition) is 2. The van der Waals surface area contributed by atoms with Crippen LogP contribution in [0.2, 0.25) is 0 Å². The van der Waals surface area contributed by atoms with E-state index in [1.807, 2.05) is 39.1 Å². The molecule has 0 spiro atoms. The van der Waals surface area contributed by atoms with Crippen LogP contribution >= 0.6 is 0 Å². The number of alkyl carbamates (subject to hydrolysis) is 1. The van der Waals surface area contributed by atoms with Crippen molar-refractivity contribution in [3.8, 4) is 5.75 Å². The number of nitrogens with two attached hydrogens (primary N) is 1.